The number of halogens is 1. The van der Waals surface area contributed by atoms with Crippen molar-refractivity contribution in [1.82, 2.24) is 4.90 Å². The summed E-state index contributed by atoms with van der Waals surface area (Å²) in [6, 6.07) is 10.4. The molecule has 1 atom stereocenters. The molecule has 0 spiro atoms. The zero-order valence-electron chi connectivity index (χ0n) is 8.53. The zero-order valence-corrected chi connectivity index (χ0v) is 10.1. The maximum atomic E-state index is 11.3. The number of likely N-dealkylation sites (tertiary alicyclic amines) is 1. The minimum atomic E-state index is 0.0231. The van der Waals surface area contributed by atoms with E-state index in [4.69, 9.17) is 0 Å². The largest absolute Gasteiger partial charge is 0.298 e. The van der Waals surface area contributed by atoms with Crippen LogP contribution in [0, 0.1) is 0 Å². The van der Waals surface area contributed by atoms with Gasteiger partial charge in [-0.2, -0.15) is 0 Å². The Kier molecular flexibility index (Phi) is 3.54. The summed E-state index contributed by atoms with van der Waals surface area (Å²) in [5.74, 6) is 0.333. The van der Waals surface area contributed by atoms with E-state index in [1.165, 1.54) is 5.56 Å². The van der Waals surface area contributed by atoms with Gasteiger partial charge >= 0.3 is 0 Å². The summed E-state index contributed by atoms with van der Waals surface area (Å²) >= 11 is 3.42. The van der Waals surface area contributed by atoms with E-state index in [9.17, 15) is 4.79 Å². The standard InChI is InChI=1S/C12H14BrNO/c13-11-9-14(7-6-12(11)15)8-10-4-2-1-3-5-10/h1-5,11H,6-9H2/t11-/m1/s1. The lowest BCUT2D eigenvalue weighted by atomic mass is 10.1. The maximum Gasteiger partial charge on any atom is 0.149 e. The van der Waals surface area contributed by atoms with E-state index in [1.54, 1.807) is 0 Å². The smallest absolute Gasteiger partial charge is 0.149 e. The van der Waals surface area contributed by atoms with E-state index in [0.717, 1.165) is 19.6 Å². The number of hydrogen-bond donors (Lipinski definition) is 0. The predicted molar refractivity (Wildman–Crippen MR) is 64.1 cm³/mol. The molecular weight excluding hydrogens is 254 g/mol. The van der Waals surface area contributed by atoms with Gasteiger partial charge in [0.2, 0.25) is 0 Å². The average molecular weight is 268 g/mol. The van der Waals surface area contributed by atoms with Crippen LogP contribution in [0.15, 0.2) is 30.3 Å². The summed E-state index contributed by atoms with van der Waals surface area (Å²) < 4.78 is 0. The van der Waals surface area contributed by atoms with Crippen molar-refractivity contribution in [2.45, 2.75) is 17.8 Å². The van der Waals surface area contributed by atoms with E-state index in [-0.39, 0.29) is 4.83 Å². The summed E-state index contributed by atoms with van der Waals surface area (Å²) in [5, 5.41) is 0. The molecule has 1 heterocycles. The highest BCUT2D eigenvalue weighted by atomic mass is 79.9. The Labute approximate surface area is 98.4 Å². The first-order valence-corrected chi connectivity index (χ1v) is 6.10. The van der Waals surface area contributed by atoms with Crippen molar-refractivity contribution in [3.8, 4) is 0 Å². The highest BCUT2D eigenvalue weighted by molar-refractivity contribution is 9.10. The molecule has 1 aromatic rings. The first-order chi connectivity index (χ1) is 7.25. The van der Waals surface area contributed by atoms with Crippen LogP contribution in [0.3, 0.4) is 0 Å². The Morgan fingerprint density at radius 2 is 2.07 bits per heavy atom. The number of benzene rings is 1. The van der Waals surface area contributed by atoms with Gasteiger partial charge in [0.15, 0.2) is 0 Å². The minimum absolute atomic E-state index is 0.0231. The fraction of sp³-hybridized carbons (Fsp3) is 0.417. The van der Waals surface area contributed by atoms with E-state index in [2.05, 4.69) is 45.1 Å². The molecule has 15 heavy (non-hydrogen) atoms. The van der Waals surface area contributed by atoms with Crippen LogP contribution < -0.4 is 0 Å². The zero-order chi connectivity index (χ0) is 10.7. The second-order valence-electron chi connectivity index (χ2n) is 3.90. The molecule has 0 aliphatic carbocycles. The second-order valence-corrected chi connectivity index (χ2v) is 5.01. The average Bonchev–Trinajstić information content (AvgIpc) is 2.25. The Morgan fingerprint density at radius 3 is 2.73 bits per heavy atom. The summed E-state index contributed by atoms with van der Waals surface area (Å²) in [5.41, 5.74) is 1.31. The molecule has 2 nitrogen and oxygen atoms in total. The van der Waals surface area contributed by atoms with Crippen molar-refractivity contribution in [2.24, 2.45) is 0 Å². The number of piperidine rings is 1. The first kappa shape index (κ1) is 10.8. The molecular formula is C12H14BrNO. The fourth-order valence-electron chi connectivity index (χ4n) is 1.83. The van der Waals surface area contributed by atoms with Gasteiger partial charge in [-0.1, -0.05) is 46.3 Å². The van der Waals surface area contributed by atoms with E-state index in [0.29, 0.717) is 12.2 Å². The van der Waals surface area contributed by atoms with Crippen LogP contribution in [0.2, 0.25) is 0 Å². The lowest BCUT2D eigenvalue weighted by Gasteiger charge is -2.28. The Bertz CT molecular complexity index is 339. The van der Waals surface area contributed by atoms with E-state index < -0.39 is 0 Å². The molecule has 0 aromatic heterocycles. The van der Waals surface area contributed by atoms with Crippen LogP contribution in [0.1, 0.15) is 12.0 Å². The molecule has 0 saturated carbocycles. The second kappa shape index (κ2) is 4.90. The SMILES string of the molecule is O=C1CCN(Cc2ccccc2)C[C@H]1Br. The molecule has 2 rings (SSSR count). The number of Topliss-reactive ketones (excluding diaryl/α,β-unsaturated/α-hetero) is 1. The third-order valence-electron chi connectivity index (χ3n) is 2.69. The van der Waals surface area contributed by atoms with Gasteiger partial charge in [0.05, 0.1) is 4.83 Å². The maximum absolute atomic E-state index is 11.3. The Hall–Kier alpha value is -0.670. The van der Waals surface area contributed by atoms with Gasteiger partial charge in [0.25, 0.3) is 0 Å². The molecule has 0 amide bonds. The highest BCUT2D eigenvalue weighted by Gasteiger charge is 2.24. The van der Waals surface area contributed by atoms with Gasteiger partial charge in [-0.25, -0.2) is 0 Å². The summed E-state index contributed by atoms with van der Waals surface area (Å²) in [6.45, 7) is 2.65. The van der Waals surface area contributed by atoms with Crippen molar-refractivity contribution < 1.29 is 4.79 Å². The number of ketones is 1. The van der Waals surface area contributed by atoms with Gasteiger partial charge in [0.1, 0.15) is 5.78 Å². The summed E-state index contributed by atoms with van der Waals surface area (Å²) in [7, 11) is 0. The van der Waals surface area contributed by atoms with Crippen molar-refractivity contribution in [2.75, 3.05) is 13.1 Å². The topological polar surface area (TPSA) is 20.3 Å². The molecule has 1 aliphatic rings. The normalized spacial score (nSPS) is 23.0. The number of carbonyl (C=O) groups is 1. The summed E-state index contributed by atoms with van der Waals surface area (Å²) in [4.78, 5) is 13.7. The van der Waals surface area contributed by atoms with Crippen molar-refractivity contribution >= 4 is 21.7 Å². The first-order valence-electron chi connectivity index (χ1n) is 5.19. The number of alkyl halides is 1. The Morgan fingerprint density at radius 1 is 1.33 bits per heavy atom. The molecule has 3 heteroatoms. The van der Waals surface area contributed by atoms with E-state index >= 15 is 0 Å². The number of rotatable bonds is 2. The monoisotopic (exact) mass is 267 g/mol. The lowest BCUT2D eigenvalue weighted by molar-refractivity contribution is -0.120. The molecule has 1 aromatic carbocycles. The molecule has 80 valence electrons. The number of nitrogens with zero attached hydrogens (tertiary/aromatic N) is 1. The number of hydrogen-bond acceptors (Lipinski definition) is 2. The van der Waals surface area contributed by atoms with Crippen LogP contribution in [0.25, 0.3) is 0 Å². The van der Waals surface area contributed by atoms with Crippen LogP contribution in [0.5, 0.6) is 0 Å². The quantitative estimate of drug-likeness (QED) is 0.766. The van der Waals surface area contributed by atoms with Gasteiger partial charge in [-0.15, -0.1) is 0 Å². The van der Waals surface area contributed by atoms with Crippen molar-refractivity contribution in [1.29, 1.82) is 0 Å². The minimum Gasteiger partial charge on any atom is -0.298 e. The molecule has 0 radical (unpaired) electrons. The third kappa shape index (κ3) is 2.89. The van der Waals surface area contributed by atoms with E-state index in [1.807, 2.05) is 6.07 Å². The van der Waals surface area contributed by atoms with Crippen molar-refractivity contribution in [3.05, 3.63) is 35.9 Å². The van der Waals surface area contributed by atoms with Gasteiger partial charge in [0, 0.05) is 26.1 Å². The van der Waals surface area contributed by atoms with Gasteiger partial charge in [-0.05, 0) is 5.56 Å². The van der Waals surface area contributed by atoms with Crippen molar-refractivity contribution in [3.63, 3.8) is 0 Å². The molecule has 1 fully saturated rings. The van der Waals surface area contributed by atoms with Crippen LogP contribution in [-0.4, -0.2) is 28.6 Å². The Balaban J connectivity index is 1.94. The molecule has 0 bridgehead atoms. The van der Waals surface area contributed by atoms with Gasteiger partial charge in [-0.3, -0.25) is 9.69 Å². The van der Waals surface area contributed by atoms with Crippen LogP contribution in [-0.2, 0) is 11.3 Å². The number of carbonyl (C=O) groups excluding carboxylic acids is 1. The predicted octanol–water partition coefficient (Wildman–Crippen LogP) is 2.22. The van der Waals surface area contributed by atoms with Gasteiger partial charge < -0.3 is 0 Å². The highest BCUT2D eigenvalue weighted by Crippen LogP contribution is 2.16. The van der Waals surface area contributed by atoms with Crippen LogP contribution >= 0.6 is 15.9 Å². The lowest BCUT2D eigenvalue weighted by Crippen LogP contribution is -2.40. The molecule has 0 unspecified atom stereocenters. The molecule has 0 N–H and O–H groups in total. The molecule has 1 saturated heterocycles. The summed E-state index contributed by atoms with van der Waals surface area (Å²) in [6.07, 6.45) is 0.669. The fourth-order valence-corrected chi connectivity index (χ4v) is 2.47. The third-order valence-corrected chi connectivity index (χ3v) is 3.49. The molecule has 1 aliphatic heterocycles. The van der Waals surface area contributed by atoms with Crippen LogP contribution in [0.4, 0.5) is 0 Å².